The zero-order chi connectivity index (χ0) is 15.3. The monoisotopic (exact) mass is 319 g/mol. The van der Waals surface area contributed by atoms with Crippen LogP contribution < -0.4 is 5.32 Å². The van der Waals surface area contributed by atoms with Gasteiger partial charge in [0.1, 0.15) is 0 Å². The van der Waals surface area contributed by atoms with E-state index in [1.165, 1.54) is 0 Å². The molecule has 2 saturated heterocycles. The first-order chi connectivity index (χ1) is 9.96. The van der Waals surface area contributed by atoms with Gasteiger partial charge in [0.25, 0.3) is 0 Å². The number of rotatable bonds is 6. The van der Waals surface area contributed by atoms with Crippen molar-refractivity contribution in [2.75, 3.05) is 64.5 Å². The molecule has 0 spiro atoms. The Morgan fingerprint density at radius 3 is 2.71 bits per heavy atom. The van der Waals surface area contributed by atoms with Crippen LogP contribution >= 0.6 is 0 Å². The zero-order valence-corrected chi connectivity index (χ0v) is 13.4. The third-order valence-corrected chi connectivity index (χ3v) is 5.83. The molecule has 0 aromatic rings. The van der Waals surface area contributed by atoms with Gasteiger partial charge in [-0.3, -0.25) is 14.6 Å². The average molecular weight is 319 g/mol. The Hall–Kier alpha value is -0.700. The molecule has 0 bridgehead atoms. The summed E-state index contributed by atoms with van der Waals surface area (Å²) in [6.45, 7) is 5.04. The lowest BCUT2D eigenvalue weighted by Crippen LogP contribution is -2.44. The molecule has 1 unspecified atom stereocenters. The highest BCUT2D eigenvalue weighted by Crippen LogP contribution is 2.15. The number of likely N-dealkylation sites (N-methyl/N-ethyl adjacent to an activating group) is 1. The number of hydrogen-bond donors (Lipinski definition) is 1. The maximum Gasteiger partial charge on any atom is 0.234 e. The second kappa shape index (κ2) is 7.53. The maximum absolute atomic E-state index is 11.9. The molecule has 2 aliphatic rings. The van der Waals surface area contributed by atoms with Gasteiger partial charge < -0.3 is 10.1 Å². The summed E-state index contributed by atoms with van der Waals surface area (Å²) < 4.78 is 28.1. The molecule has 1 atom stereocenters. The fourth-order valence-corrected chi connectivity index (χ4v) is 4.52. The molecule has 122 valence electrons. The van der Waals surface area contributed by atoms with Crippen LogP contribution in [0.1, 0.15) is 6.42 Å². The molecule has 2 fully saturated rings. The lowest BCUT2D eigenvalue weighted by molar-refractivity contribution is -0.122. The number of morpholine rings is 1. The molecule has 7 nitrogen and oxygen atoms in total. The summed E-state index contributed by atoms with van der Waals surface area (Å²) in [4.78, 5) is 16.0. The van der Waals surface area contributed by atoms with E-state index in [1.54, 1.807) is 0 Å². The molecule has 21 heavy (non-hydrogen) atoms. The van der Waals surface area contributed by atoms with E-state index >= 15 is 0 Å². The van der Waals surface area contributed by atoms with Crippen LogP contribution in [0.5, 0.6) is 0 Å². The molecule has 2 heterocycles. The minimum Gasteiger partial charge on any atom is -0.379 e. The highest BCUT2D eigenvalue weighted by molar-refractivity contribution is 7.91. The molecule has 0 aromatic heterocycles. The average Bonchev–Trinajstić information content (AvgIpc) is 2.80. The number of hydrogen-bond acceptors (Lipinski definition) is 6. The van der Waals surface area contributed by atoms with Crippen LogP contribution in [-0.4, -0.2) is 94.7 Å². The van der Waals surface area contributed by atoms with Crippen molar-refractivity contribution in [1.29, 1.82) is 0 Å². The highest BCUT2D eigenvalue weighted by atomic mass is 32.2. The third kappa shape index (κ3) is 5.54. The van der Waals surface area contributed by atoms with Gasteiger partial charge in [0.05, 0.1) is 31.3 Å². The van der Waals surface area contributed by atoms with E-state index < -0.39 is 9.84 Å². The van der Waals surface area contributed by atoms with Crippen LogP contribution in [0, 0.1) is 0 Å². The van der Waals surface area contributed by atoms with Gasteiger partial charge in [0.15, 0.2) is 9.84 Å². The van der Waals surface area contributed by atoms with Gasteiger partial charge in [-0.05, 0) is 13.5 Å². The Morgan fingerprint density at radius 1 is 1.38 bits per heavy atom. The number of carbonyl (C=O) groups excluding carboxylic acids is 1. The van der Waals surface area contributed by atoms with Crippen LogP contribution in [0.2, 0.25) is 0 Å². The normalized spacial score (nSPS) is 26.1. The summed E-state index contributed by atoms with van der Waals surface area (Å²) in [5.41, 5.74) is 0. The van der Waals surface area contributed by atoms with Crippen LogP contribution in [0.15, 0.2) is 0 Å². The predicted octanol–water partition coefficient (Wildman–Crippen LogP) is -1.45. The Labute approximate surface area is 126 Å². The largest absolute Gasteiger partial charge is 0.379 e. The fourth-order valence-electron chi connectivity index (χ4n) is 2.71. The van der Waals surface area contributed by atoms with Gasteiger partial charge in [-0.1, -0.05) is 0 Å². The smallest absolute Gasteiger partial charge is 0.234 e. The summed E-state index contributed by atoms with van der Waals surface area (Å²) in [5.74, 6) is 0.362. The van der Waals surface area contributed by atoms with E-state index in [-0.39, 0.29) is 30.0 Å². The minimum atomic E-state index is -2.90. The van der Waals surface area contributed by atoms with Crippen molar-refractivity contribution in [2.24, 2.45) is 0 Å². The standard InChI is InChI=1S/C13H25N3O4S/c1-15(12-2-9-21(18,19)11-12)10-13(17)14-3-4-16-5-7-20-8-6-16/h12H,2-11H2,1H3,(H,14,17). The van der Waals surface area contributed by atoms with Crippen LogP contribution in [-0.2, 0) is 19.4 Å². The molecule has 8 heteroatoms. The van der Waals surface area contributed by atoms with Gasteiger partial charge >= 0.3 is 0 Å². The first kappa shape index (κ1) is 16.7. The minimum absolute atomic E-state index is 0.0278. The lowest BCUT2D eigenvalue weighted by atomic mass is 10.2. The Balaban J connectivity index is 1.62. The van der Waals surface area contributed by atoms with E-state index in [4.69, 9.17) is 4.74 Å². The Bertz CT molecular complexity index is 448. The van der Waals surface area contributed by atoms with E-state index in [0.29, 0.717) is 13.0 Å². The van der Waals surface area contributed by atoms with Gasteiger partial charge in [0.2, 0.25) is 5.91 Å². The van der Waals surface area contributed by atoms with Gasteiger partial charge in [-0.2, -0.15) is 0 Å². The molecule has 0 saturated carbocycles. The summed E-state index contributed by atoms with van der Waals surface area (Å²) in [7, 11) is -1.09. The van der Waals surface area contributed by atoms with Crippen LogP contribution in [0.4, 0.5) is 0 Å². The number of sulfone groups is 1. The van der Waals surface area contributed by atoms with E-state index in [1.807, 2.05) is 11.9 Å². The van der Waals surface area contributed by atoms with Crippen molar-refractivity contribution in [3.05, 3.63) is 0 Å². The molecule has 1 N–H and O–H groups in total. The molecule has 0 radical (unpaired) electrons. The van der Waals surface area contributed by atoms with Crippen molar-refractivity contribution in [3.8, 4) is 0 Å². The number of amides is 1. The summed E-state index contributed by atoms with van der Waals surface area (Å²) in [6.07, 6.45) is 0.625. The molecule has 2 aliphatic heterocycles. The van der Waals surface area contributed by atoms with Crippen LogP contribution in [0.3, 0.4) is 0 Å². The topological polar surface area (TPSA) is 79.0 Å². The van der Waals surface area contributed by atoms with E-state index in [9.17, 15) is 13.2 Å². The predicted molar refractivity (Wildman–Crippen MR) is 80.0 cm³/mol. The van der Waals surface area contributed by atoms with Crippen molar-refractivity contribution in [2.45, 2.75) is 12.5 Å². The number of carbonyl (C=O) groups is 1. The highest BCUT2D eigenvalue weighted by Gasteiger charge is 2.31. The first-order valence-corrected chi connectivity index (χ1v) is 9.26. The maximum atomic E-state index is 11.9. The van der Waals surface area contributed by atoms with E-state index in [2.05, 4.69) is 10.2 Å². The van der Waals surface area contributed by atoms with Crippen molar-refractivity contribution >= 4 is 15.7 Å². The number of nitrogens with zero attached hydrogens (tertiary/aromatic N) is 2. The SMILES string of the molecule is CN(CC(=O)NCCN1CCOCC1)C1CCS(=O)(=O)C1. The van der Waals surface area contributed by atoms with Gasteiger partial charge in [0, 0.05) is 32.2 Å². The molecule has 1 amide bonds. The zero-order valence-electron chi connectivity index (χ0n) is 12.6. The summed E-state index contributed by atoms with van der Waals surface area (Å²) >= 11 is 0. The van der Waals surface area contributed by atoms with Crippen molar-refractivity contribution in [3.63, 3.8) is 0 Å². The van der Waals surface area contributed by atoms with Gasteiger partial charge in [-0.15, -0.1) is 0 Å². The molecule has 2 rings (SSSR count). The molecular formula is C13H25N3O4S. The second-order valence-corrected chi connectivity index (χ2v) is 8.00. The quantitative estimate of drug-likeness (QED) is 0.646. The Morgan fingerprint density at radius 2 is 2.10 bits per heavy atom. The second-order valence-electron chi connectivity index (χ2n) is 5.78. The molecule has 0 aliphatic carbocycles. The van der Waals surface area contributed by atoms with Crippen molar-refractivity contribution in [1.82, 2.24) is 15.1 Å². The molecule has 0 aromatic carbocycles. The van der Waals surface area contributed by atoms with E-state index in [0.717, 1.165) is 32.8 Å². The summed E-state index contributed by atoms with van der Waals surface area (Å²) in [5, 5.41) is 2.89. The first-order valence-electron chi connectivity index (χ1n) is 7.44. The summed E-state index contributed by atoms with van der Waals surface area (Å²) in [6, 6.07) is -0.0278. The third-order valence-electron chi connectivity index (χ3n) is 4.08. The van der Waals surface area contributed by atoms with Crippen molar-refractivity contribution < 1.29 is 17.9 Å². The Kier molecular flexibility index (Phi) is 5.98. The van der Waals surface area contributed by atoms with Gasteiger partial charge in [-0.25, -0.2) is 8.42 Å². The fraction of sp³-hybridized carbons (Fsp3) is 0.923. The van der Waals surface area contributed by atoms with Crippen LogP contribution in [0.25, 0.3) is 0 Å². The lowest BCUT2D eigenvalue weighted by Gasteiger charge is -2.27. The number of nitrogens with one attached hydrogen (secondary N) is 1. The molecular weight excluding hydrogens is 294 g/mol. The number of ether oxygens (including phenoxy) is 1.